The van der Waals surface area contributed by atoms with Gasteiger partial charge in [-0.05, 0) is 47.9 Å². The second-order valence-corrected chi connectivity index (χ2v) is 5.06. The van der Waals surface area contributed by atoms with E-state index in [2.05, 4.69) is 41.1 Å². The third-order valence-corrected chi connectivity index (χ3v) is 3.70. The van der Waals surface area contributed by atoms with Gasteiger partial charge >= 0.3 is 0 Å². The van der Waals surface area contributed by atoms with Crippen LogP contribution in [0.4, 0.5) is 0 Å². The predicted molar refractivity (Wildman–Crippen MR) is 61.5 cm³/mol. The van der Waals surface area contributed by atoms with Crippen molar-refractivity contribution in [2.75, 3.05) is 6.61 Å². The number of halogens is 1. The van der Waals surface area contributed by atoms with Crippen LogP contribution in [0, 0.1) is 5.92 Å². The first-order valence-corrected chi connectivity index (χ1v) is 5.91. The topological polar surface area (TPSA) is 20.2 Å². The Morgan fingerprint density at radius 2 is 2.36 bits per heavy atom. The third kappa shape index (κ3) is 1.73. The number of aryl methyl sites for hydroxylation is 1. The van der Waals surface area contributed by atoms with E-state index >= 15 is 0 Å². The molecule has 0 fully saturated rings. The standard InChI is InChI=1S/C12H15BrO/c1-8(7-14)11-5-3-9-2-4-10(13)6-12(9)11/h2,4,6,8,11,14H,3,5,7H2,1H3. The zero-order valence-electron chi connectivity index (χ0n) is 8.33. The van der Waals surface area contributed by atoms with Crippen molar-refractivity contribution in [3.05, 3.63) is 33.8 Å². The molecule has 0 bridgehead atoms. The molecule has 1 aliphatic carbocycles. The van der Waals surface area contributed by atoms with E-state index in [-0.39, 0.29) is 6.61 Å². The van der Waals surface area contributed by atoms with E-state index in [9.17, 15) is 5.11 Å². The van der Waals surface area contributed by atoms with Crippen LogP contribution in [-0.4, -0.2) is 11.7 Å². The van der Waals surface area contributed by atoms with Crippen molar-refractivity contribution in [3.63, 3.8) is 0 Å². The Kier molecular flexibility index (Phi) is 2.93. The van der Waals surface area contributed by atoms with E-state index in [1.807, 2.05) is 0 Å². The lowest BCUT2D eigenvalue weighted by Gasteiger charge is -2.17. The predicted octanol–water partition coefficient (Wildman–Crippen LogP) is 3.11. The van der Waals surface area contributed by atoms with Crippen LogP contribution in [0.15, 0.2) is 22.7 Å². The van der Waals surface area contributed by atoms with Crippen LogP contribution >= 0.6 is 15.9 Å². The summed E-state index contributed by atoms with van der Waals surface area (Å²) >= 11 is 3.50. The van der Waals surface area contributed by atoms with Crippen LogP contribution in [0.1, 0.15) is 30.4 Å². The third-order valence-electron chi connectivity index (χ3n) is 3.21. The fourth-order valence-electron chi connectivity index (χ4n) is 2.32. The number of rotatable bonds is 2. The summed E-state index contributed by atoms with van der Waals surface area (Å²) in [7, 11) is 0. The van der Waals surface area contributed by atoms with Gasteiger partial charge in [0.2, 0.25) is 0 Å². The van der Waals surface area contributed by atoms with Crippen molar-refractivity contribution in [2.24, 2.45) is 5.92 Å². The number of hydrogen-bond donors (Lipinski definition) is 1. The molecule has 14 heavy (non-hydrogen) atoms. The van der Waals surface area contributed by atoms with Crippen molar-refractivity contribution >= 4 is 15.9 Å². The molecule has 2 unspecified atom stereocenters. The molecule has 0 saturated heterocycles. The lowest BCUT2D eigenvalue weighted by Crippen LogP contribution is -2.10. The minimum atomic E-state index is 0.288. The molecule has 0 amide bonds. The molecular weight excluding hydrogens is 240 g/mol. The van der Waals surface area contributed by atoms with E-state index in [0.717, 1.165) is 10.9 Å². The average molecular weight is 255 g/mol. The van der Waals surface area contributed by atoms with Gasteiger partial charge in [-0.1, -0.05) is 28.9 Å². The fraction of sp³-hybridized carbons (Fsp3) is 0.500. The van der Waals surface area contributed by atoms with Gasteiger partial charge in [0.25, 0.3) is 0 Å². The zero-order valence-corrected chi connectivity index (χ0v) is 9.92. The molecule has 1 aromatic rings. The van der Waals surface area contributed by atoms with E-state index in [0.29, 0.717) is 11.8 Å². The van der Waals surface area contributed by atoms with Crippen LogP contribution in [0.5, 0.6) is 0 Å². The quantitative estimate of drug-likeness (QED) is 0.860. The van der Waals surface area contributed by atoms with Gasteiger partial charge in [0.1, 0.15) is 0 Å². The summed E-state index contributed by atoms with van der Waals surface area (Å²) in [6.45, 7) is 2.41. The van der Waals surface area contributed by atoms with Crippen molar-refractivity contribution in [1.82, 2.24) is 0 Å². The molecule has 0 saturated carbocycles. The summed E-state index contributed by atoms with van der Waals surface area (Å²) < 4.78 is 1.15. The Morgan fingerprint density at radius 3 is 3.07 bits per heavy atom. The minimum absolute atomic E-state index is 0.288. The van der Waals surface area contributed by atoms with Gasteiger partial charge in [0, 0.05) is 11.1 Å². The Balaban J connectivity index is 2.33. The van der Waals surface area contributed by atoms with Gasteiger partial charge in [0.05, 0.1) is 0 Å². The molecule has 0 aliphatic heterocycles. The average Bonchev–Trinajstić information content (AvgIpc) is 2.59. The SMILES string of the molecule is CC(CO)C1CCc2ccc(Br)cc21. The first kappa shape index (κ1) is 10.2. The Morgan fingerprint density at radius 1 is 1.57 bits per heavy atom. The molecule has 0 aromatic heterocycles. The zero-order chi connectivity index (χ0) is 10.1. The van der Waals surface area contributed by atoms with E-state index in [1.165, 1.54) is 17.5 Å². The number of fused-ring (bicyclic) bond motifs is 1. The smallest absolute Gasteiger partial charge is 0.0462 e. The molecule has 0 heterocycles. The monoisotopic (exact) mass is 254 g/mol. The Labute approximate surface area is 93.3 Å². The molecular formula is C12H15BrO. The van der Waals surface area contributed by atoms with Crippen molar-refractivity contribution in [3.8, 4) is 0 Å². The highest BCUT2D eigenvalue weighted by Crippen LogP contribution is 2.39. The van der Waals surface area contributed by atoms with Crippen LogP contribution in [0.3, 0.4) is 0 Å². The van der Waals surface area contributed by atoms with Gasteiger partial charge < -0.3 is 5.11 Å². The minimum Gasteiger partial charge on any atom is -0.396 e. The fourth-order valence-corrected chi connectivity index (χ4v) is 2.70. The molecule has 1 nitrogen and oxygen atoms in total. The molecule has 0 radical (unpaired) electrons. The molecule has 2 heteroatoms. The second kappa shape index (κ2) is 4.03. The summed E-state index contributed by atoms with van der Waals surface area (Å²) in [4.78, 5) is 0. The first-order valence-electron chi connectivity index (χ1n) is 5.11. The van der Waals surface area contributed by atoms with Crippen molar-refractivity contribution in [1.29, 1.82) is 0 Å². The molecule has 76 valence electrons. The Hall–Kier alpha value is -0.340. The molecule has 1 N–H and O–H groups in total. The van der Waals surface area contributed by atoms with Gasteiger partial charge in [-0.15, -0.1) is 0 Å². The van der Waals surface area contributed by atoms with E-state index < -0.39 is 0 Å². The maximum Gasteiger partial charge on any atom is 0.0462 e. The molecule has 1 aliphatic rings. The Bertz CT molecular complexity index is 335. The lowest BCUT2D eigenvalue weighted by atomic mass is 9.89. The normalized spacial score (nSPS) is 22.1. The summed E-state index contributed by atoms with van der Waals surface area (Å²) in [5.41, 5.74) is 2.89. The maximum atomic E-state index is 9.18. The van der Waals surface area contributed by atoms with E-state index in [4.69, 9.17) is 0 Å². The van der Waals surface area contributed by atoms with Gasteiger partial charge in [-0.3, -0.25) is 0 Å². The van der Waals surface area contributed by atoms with Crippen molar-refractivity contribution < 1.29 is 5.11 Å². The van der Waals surface area contributed by atoms with Gasteiger partial charge in [-0.2, -0.15) is 0 Å². The number of aliphatic hydroxyl groups is 1. The van der Waals surface area contributed by atoms with Crippen LogP contribution in [0.2, 0.25) is 0 Å². The number of aliphatic hydroxyl groups excluding tert-OH is 1. The van der Waals surface area contributed by atoms with Crippen molar-refractivity contribution in [2.45, 2.75) is 25.7 Å². The molecule has 2 atom stereocenters. The molecule has 2 rings (SSSR count). The summed E-state index contributed by atoms with van der Waals surface area (Å²) in [6.07, 6.45) is 2.35. The van der Waals surface area contributed by atoms with Crippen LogP contribution < -0.4 is 0 Å². The van der Waals surface area contributed by atoms with Crippen LogP contribution in [0.25, 0.3) is 0 Å². The highest BCUT2D eigenvalue weighted by Gasteiger charge is 2.26. The van der Waals surface area contributed by atoms with Gasteiger partial charge in [0.15, 0.2) is 0 Å². The lowest BCUT2D eigenvalue weighted by molar-refractivity contribution is 0.215. The second-order valence-electron chi connectivity index (χ2n) is 4.15. The summed E-state index contributed by atoms with van der Waals surface area (Å²) in [5.74, 6) is 0.929. The van der Waals surface area contributed by atoms with Gasteiger partial charge in [-0.25, -0.2) is 0 Å². The van der Waals surface area contributed by atoms with Crippen LogP contribution in [-0.2, 0) is 6.42 Å². The first-order chi connectivity index (χ1) is 6.72. The van der Waals surface area contributed by atoms with E-state index in [1.54, 1.807) is 0 Å². The molecule has 0 spiro atoms. The largest absolute Gasteiger partial charge is 0.396 e. The number of hydrogen-bond acceptors (Lipinski definition) is 1. The summed E-state index contributed by atoms with van der Waals surface area (Å²) in [6, 6.07) is 6.51. The maximum absolute atomic E-state index is 9.18. The highest BCUT2D eigenvalue weighted by molar-refractivity contribution is 9.10. The number of benzene rings is 1. The molecule has 1 aromatic carbocycles. The highest BCUT2D eigenvalue weighted by atomic mass is 79.9. The summed E-state index contributed by atoms with van der Waals surface area (Å²) in [5, 5.41) is 9.18.